The molecule has 1 fully saturated rings. The first-order chi connectivity index (χ1) is 17.4. The Hall–Kier alpha value is -3.33. The first-order valence-corrected chi connectivity index (χ1v) is 12.7. The molecule has 1 aliphatic carbocycles. The maximum Gasteiger partial charge on any atom is 0.229 e. The van der Waals surface area contributed by atoms with Crippen molar-refractivity contribution in [2.75, 3.05) is 23.4 Å². The van der Waals surface area contributed by atoms with Crippen molar-refractivity contribution in [2.45, 2.75) is 64.1 Å². The largest absolute Gasteiger partial charge is 0.486 e. The molecule has 3 aliphatic rings. The van der Waals surface area contributed by atoms with Crippen LogP contribution < -0.4 is 20.3 Å². The molecule has 0 atom stereocenters. The Labute approximate surface area is 209 Å². The molecule has 1 saturated carbocycles. The SMILES string of the molecule is CC(C)N1c2cc(-c3nc(Nc4ccc5c(n4)CCNC5)ncc3F)cc(F)c2OCC12CCCC2. The van der Waals surface area contributed by atoms with Crippen LogP contribution in [0.15, 0.2) is 30.5 Å². The fourth-order valence-corrected chi connectivity index (χ4v) is 5.96. The number of hydrogen-bond acceptors (Lipinski definition) is 7. The maximum atomic E-state index is 15.3. The predicted octanol–water partition coefficient (Wildman–Crippen LogP) is 5.13. The van der Waals surface area contributed by atoms with Gasteiger partial charge in [0.05, 0.1) is 17.4 Å². The number of nitrogens with zero attached hydrogens (tertiary/aromatic N) is 4. The Morgan fingerprint density at radius 1 is 1.11 bits per heavy atom. The molecule has 7 nitrogen and oxygen atoms in total. The van der Waals surface area contributed by atoms with Crippen molar-refractivity contribution >= 4 is 17.5 Å². The number of aromatic nitrogens is 3. The lowest BCUT2D eigenvalue weighted by Gasteiger charge is -2.49. The first kappa shape index (κ1) is 23.1. The van der Waals surface area contributed by atoms with Gasteiger partial charge in [-0.1, -0.05) is 18.9 Å². The van der Waals surface area contributed by atoms with E-state index in [0.29, 0.717) is 23.7 Å². The van der Waals surface area contributed by atoms with Crippen LogP contribution in [-0.2, 0) is 13.0 Å². The molecule has 9 heteroatoms. The summed E-state index contributed by atoms with van der Waals surface area (Å²) in [7, 11) is 0. The van der Waals surface area contributed by atoms with Gasteiger partial charge in [-0.05, 0) is 50.5 Å². The monoisotopic (exact) mass is 492 g/mol. The lowest BCUT2D eigenvalue weighted by Crippen LogP contribution is -2.57. The number of pyridine rings is 1. The summed E-state index contributed by atoms with van der Waals surface area (Å²) in [6, 6.07) is 7.10. The molecule has 2 N–H and O–H groups in total. The summed E-state index contributed by atoms with van der Waals surface area (Å²) >= 11 is 0. The summed E-state index contributed by atoms with van der Waals surface area (Å²) in [4.78, 5) is 15.5. The highest BCUT2D eigenvalue weighted by Gasteiger charge is 2.46. The lowest BCUT2D eigenvalue weighted by atomic mass is 9.91. The van der Waals surface area contributed by atoms with E-state index in [4.69, 9.17) is 4.74 Å². The zero-order valence-electron chi connectivity index (χ0n) is 20.6. The third-order valence-corrected chi connectivity index (χ3v) is 7.51. The van der Waals surface area contributed by atoms with Crippen molar-refractivity contribution < 1.29 is 13.5 Å². The van der Waals surface area contributed by atoms with Gasteiger partial charge >= 0.3 is 0 Å². The van der Waals surface area contributed by atoms with E-state index in [9.17, 15) is 4.39 Å². The van der Waals surface area contributed by atoms with Gasteiger partial charge in [0.1, 0.15) is 18.1 Å². The molecule has 1 aromatic carbocycles. The van der Waals surface area contributed by atoms with Crippen molar-refractivity contribution in [1.82, 2.24) is 20.3 Å². The van der Waals surface area contributed by atoms with Gasteiger partial charge in [-0.3, -0.25) is 0 Å². The van der Waals surface area contributed by atoms with Crippen molar-refractivity contribution in [3.8, 4) is 17.0 Å². The third-order valence-electron chi connectivity index (χ3n) is 7.51. The smallest absolute Gasteiger partial charge is 0.229 e. The summed E-state index contributed by atoms with van der Waals surface area (Å²) in [6.45, 7) is 6.35. The second kappa shape index (κ2) is 8.96. The Kier molecular flexibility index (Phi) is 5.75. The summed E-state index contributed by atoms with van der Waals surface area (Å²) < 4.78 is 36.3. The van der Waals surface area contributed by atoms with Gasteiger partial charge in [-0.15, -0.1) is 0 Å². The van der Waals surface area contributed by atoms with Crippen LogP contribution in [0.3, 0.4) is 0 Å². The highest BCUT2D eigenvalue weighted by molar-refractivity contribution is 5.74. The normalized spacial score (nSPS) is 18.2. The van der Waals surface area contributed by atoms with Gasteiger partial charge in [-0.2, -0.15) is 0 Å². The molecule has 0 bridgehead atoms. The van der Waals surface area contributed by atoms with E-state index in [2.05, 4.69) is 44.3 Å². The average Bonchev–Trinajstić information content (AvgIpc) is 3.33. The first-order valence-electron chi connectivity index (χ1n) is 12.7. The highest BCUT2D eigenvalue weighted by atomic mass is 19.1. The van der Waals surface area contributed by atoms with Gasteiger partial charge in [0, 0.05) is 36.8 Å². The van der Waals surface area contributed by atoms with Crippen molar-refractivity contribution in [1.29, 1.82) is 0 Å². The van der Waals surface area contributed by atoms with E-state index in [-0.39, 0.29) is 29.0 Å². The molecule has 36 heavy (non-hydrogen) atoms. The van der Waals surface area contributed by atoms with Crippen LogP contribution in [0.1, 0.15) is 50.8 Å². The molecular formula is C27H30F2N6O. The number of ether oxygens (including phenoxy) is 1. The molecule has 2 aliphatic heterocycles. The Bertz CT molecular complexity index is 1310. The van der Waals surface area contributed by atoms with E-state index in [1.165, 1.54) is 6.07 Å². The molecule has 1 spiro atoms. The van der Waals surface area contributed by atoms with E-state index in [0.717, 1.165) is 62.6 Å². The fourth-order valence-electron chi connectivity index (χ4n) is 5.96. The van der Waals surface area contributed by atoms with Gasteiger partial charge in [0.15, 0.2) is 17.4 Å². The number of fused-ring (bicyclic) bond motifs is 2. The fraction of sp³-hybridized carbons (Fsp3) is 0.444. The number of hydrogen-bond donors (Lipinski definition) is 2. The number of anilines is 3. The van der Waals surface area contributed by atoms with Crippen LogP contribution in [0.5, 0.6) is 5.75 Å². The van der Waals surface area contributed by atoms with Crippen LogP contribution >= 0.6 is 0 Å². The summed E-state index contributed by atoms with van der Waals surface area (Å²) in [6.07, 6.45) is 6.18. The number of benzene rings is 1. The van der Waals surface area contributed by atoms with E-state index < -0.39 is 11.6 Å². The maximum absolute atomic E-state index is 15.3. The zero-order chi connectivity index (χ0) is 24.9. The van der Waals surface area contributed by atoms with E-state index in [1.807, 2.05) is 12.1 Å². The second-order valence-electron chi connectivity index (χ2n) is 10.2. The Morgan fingerprint density at radius 3 is 2.75 bits per heavy atom. The topological polar surface area (TPSA) is 75.2 Å². The van der Waals surface area contributed by atoms with Crippen molar-refractivity contribution in [3.05, 3.63) is 53.4 Å². The van der Waals surface area contributed by atoms with Crippen LogP contribution in [0, 0.1) is 11.6 Å². The van der Waals surface area contributed by atoms with Crippen LogP contribution in [0.2, 0.25) is 0 Å². The Balaban J connectivity index is 1.37. The highest BCUT2D eigenvalue weighted by Crippen LogP contribution is 2.49. The molecule has 0 unspecified atom stereocenters. The van der Waals surface area contributed by atoms with Gasteiger partial charge in [0.25, 0.3) is 0 Å². The summed E-state index contributed by atoms with van der Waals surface area (Å²) in [5.41, 5.74) is 3.07. The molecule has 3 aromatic rings. The molecule has 6 rings (SSSR count). The minimum Gasteiger partial charge on any atom is -0.486 e. The summed E-state index contributed by atoms with van der Waals surface area (Å²) in [5, 5.41) is 6.41. The predicted molar refractivity (Wildman–Crippen MR) is 135 cm³/mol. The standard InChI is InChI=1S/C27H30F2N6O/c1-16(2)35-22-12-18(11-19(28)25(22)36-15-27(35)8-3-4-9-27)24-20(29)14-31-26(34-24)33-23-6-5-17-13-30-10-7-21(17)32-23/h5-6,11-12,14,16,30H,3-4,7-10,13,15H2,1-2H3,(H,31,32,33,34). The molecule has 4 heterocycles. The van der Waals surface area contributed by atoms with E-state index >= 15 is 4.39 Å². The van der Waals surface area contributed by atoms with Gasteiger partial charge < -0.3 is 20.3 Å². The Morgan fingerprint density at radius 2 is 1.94 bits per heavy atom. The van der Waals surface area contributed by atoms with Crippen molar-refractivity contribution in [2.24, 2.45) is 0 Å². The van der Waals surface area contributed by atoms with Crippen LogP contribution in [-0.4, -0.2) is 39.7 Å². The summed E-state index contributed by atoms with van der Waals surface area (Å²) in [5.74, 6) is -0.112. The third kappa shape index (κ3) is 3.95. The van der Waals surface area contributed by atoms with Crippen LogP contribution in [0.25, 0.3) is 11.3 Å². The molecule has 0 radical (unpaired) electrons. The number of halogens is 2. The van der Waals surface area contributed by atoms with Crippen LogP contribution in [0.4, 0.5) is 26.2 Å². The zero-order valence-corrected chi connectivity index (χ0v) is 20.6. The lowest BCUT2D eigenvalue weighted by molar-refractivity contribution is 0.175. The van der Waals surface area contributed by atoms with E-state index in [1.54, 1.807) is 6.07 Å². The second-order valence-corrected chi connectivity index (χ2v) is 10.2. The number of nitrogens with one attached hydrogen (secondary N) is 2. The van der Waals surface area contributed by atoms with Gasteiger partial charge in [0.2, 0.25) is 5.95 Å². The molecule has 0 saturated heterocycles. The minimum atomic E-state index is -0.618. The molecule has 188 valence electrons. The molecular weight excluding hydrogens is 462 g/mol. The minimum absolute atomic E-state index is 0.0334. The van der Waals surface area contributed by atoms with Crippen molar-refractivity contribution in [3.63, 3.8) is 0 Å². The molecule has 0 amide bonds. The molecule has 2 aromatic heterocycles. The average molecular weight is 493 g/mol. The number of rotatable bonds is 4. The quantitative estimate of drug-likeness (QED) is 0.523. The van der Waals surface area contributed by atoms with Gasteiger partial charge in [-0.25, -0.2) is 23.7 Å².